The van der Waals surface area contributed by atoms with E-state index in [0.29, 0.717) is 30.0 Å². The maximum atomic E-state index is 12.9. The lowest BCUT2D eigenvalue weighted by Crippen LogP contribution is -2.31. The van der Waals surface area contributed by atoms with Gasteiger partial charge < -0.3 is 20.7 Å². The quantitative estimate of drug-likeness (QED) is 0.554. The molecule has 0 atom stereocenters. The Morgan fingerprint density at radius 1 is 1.26 bits per heavy atom. The van der Waals surface area contributed by atoms with Crippen LogP contribution in [0.25, 0.3) is 0 Å². The first-order chi connectivity index (χ1) is 11.1. The molecular formula is C15H18FN5OS. The maximum absolute atomic E-state index is 12.9. The average Bonchev–Trinajstić information content (AvgIpc) is 2.49. The van der Waals surface area contributed by atoms with Gasteiger partial charge in [0, 0.05) is 31.1 Å². The highest BCUT2D eigenvalue weighted by Gasteiger charge is 2.05. The fourth-order valence-corrected chi connectivity index (χ4v) is 1.98. The number of aromatic nitrogens is 2. The van der Waals surface area contributed by atoms with E-state index in [2.05, 4.69) is 25.9 Å². The minimum absolute atomic E-state index is 0.288. The van der Waals surface area contributed by atoms with Gasteiger partial charge in [0.2, 0.25) is 5.95 Å². The summed E-state index contributed by atoms with van der Waals surface area (Å²) < 4.78 is 17.9. The van der Waals surface area contributed by atoms with Crippen LogP contribution in [0, 0.1) is 12.7 Å². The van der Waals surface area contributed by atoms with Crippen molar-refractivity contribution in [2.45, 2.75) is 6.92 Å². The monoisotopic (exact) mass is 335 g/mol. The van der Waals surface area contributed by atoms with E-state index in [-0.39, 0.29) is 5.82 Å². The van der Waals surface area contributed by atoms with Crippen LogP contribution in [-0.4, -0.2) is 35.3 Å². The Morgan fingerprint density at radius 2 is 2.00 bits per heavy atom. The summed E-state index contributed by atoms with van der Waals surface area (Å²) in [6.07, 6.45) is 0. The summed E-state index contributed by atoms with van der Waals surface area (Å²) in [4.78, 5) is 8.61. The van der Waals surface area contributed by atoms with Crippen LogP contribution in [-0.2, 0) is 4.74 Å². The van der Waals surface area contributed by atoms with Gasteiger partial charge in [-0.2, -0.15) is 4.98 Å². The van der Waals surface area contributed by atoms with E-state index in [9.17, 15) is 4.39 Å². The summed E-state index contributed by atoms with van der Waals surface area (Å²) in [5.74, 6) is 0.681. The highest BCUT2D eigenvalue weighted by Crippen LogP contribution is 2.17. The summed E-state index contributed by atoms with van der Waals surface area (Å²) in [7, 11) is 1.62. The van der Waals surface area contributed by atoms with Crippen molar-refractivity contribution in [1.29, 1.82) is 0 Å². The Kier molecular flexibility index (Phi) is 6.19. The number of nitrogens with one attached hydrogen (secondary N) is 3. The molecule has 0 unspecified atom stereocenters. The molecule has 8 heteroatoms. The second-order valence-electron chi connectivity index (χ2n) is 4.72. The topological polar surface area (TPSA) is 71.1 Å². The molecule has 0 aliphatic rings. The van der Waals surface area contributed by atoms with E-state index in [1.165, 1.54) is 12.1 Å². The summed E-state index contributed by atoms with van der Waals surface area (Å²) >= 11 is 5.16. The van der Waals surface area contributed by atoms with Gasteiger partial charge in [-0.05, 0) is 43.4 Å². The number of ether oxygens (including phenoxy) is 1. The van der Waals surface area contributed by atoms with Crippen LogP contribution in [0.2, 0.25) is 0 Å². The highest BCUT2D eigenvalue weighted by molar-refractivity contribution is 7.80. The summed E-state index contributed by atoms with van der Waals surface area (Å²) in [6.45, 7) is 2.99. The van der Waals surface area contributed by atoms with Gasteiger partial charge >= 0.3 is 0 Å². The molecule has 0 saturated carbocycles. The first kappa shape index (κ1) is 17.0. The summed E-state index contributed by atoms with van der Waals surface area (Å²) in [6, 6.07) is 7.82. The Labute approximate surface area is 139 Å². The van der Waals surface area contributed by atoms with Crippen LogP contribution in [0.3, 0.4) is 0 Å². The van der Waals surface area contributed by atoms with Gasteiger partial charge in [-0.25, -0.2) is 9.37 Å². The number of hydrogen-bond acceptors (Lipinski definition) is 5. The fourth-order valence-electron chi connectivity index (χ4n) is 1.78. The van der Waals surface area contributed by atoms with Crippen LogP contribution >= 0.6 is 12.2 Å². The zero-order valence-electron chi connectivity index (χ0n) is 12.9. The third kappa shape index (κ3) is 5.76. The molecule has 23 heavy (non-hydrogen) atoms. The third-order valence-corrected chi connectivity index (χ3v) is 3.03. The molecule has 0 amide bonds. The van der Waals surface area contributed by atoms with Crippen LogP contribution in [0.15, 0.2) is 30.3 Å². The van der Waals surface area contributed by atoms with Gasteiger partial charge in [0.05, 0.1) is 6.61 Å². The van der Waals surface area contributed by atoms with Gasteiger partial charge in [-0.15, -0.1) is 0 Å². The van der Waals surface area contributed by atoms with E-state index in [0.717, 1.165) is 11.4 Å². The Bertz CT molecular complexity index is 665. The number of halogens is 1. The number of thiocarbonyl (C=S) groups is 1. The van der Waals surface area contributed by atoms with Crippen molar-refractivity contribution in [2.24, 2.45) is 0 Å². The van der Waals surface area contributed by atoms with Crippen molar-refractivity contribution in [1.82, 2.24) is 15.3 Å². The molecule has 0 fully saturated rings. The van der Waals surface area contributed by atoms with E-state index in [1.54, 1.807) is 25.3 Å². The van der Waals surface area contributed by atoms with E-state index >= 15 is 0 Å². The molecule has 0 radical (unpaired) electrons. The zero-order chi connectivity index (χ0) is 16.7. The van der Waals surface area contributed by atoms with Crippen LogP contribution in [0.4, 0.5) is 21.8 Å². The first-order valence-electron chi connectivity index (χ1n) is 6.99. The van der Waals surface area contributed by atoms with Crippen molar-refractivity contribution >= 4 is 34.8 Å². The number of nitrogens with zero attached hydrogens (tertiary/aromatic N) is 2. The van der Waals surface area contributed by atoms with Crippen LogP contribution < -0.4 is 16.0 Å². The fraction of sp³-hybridized carbons (Fsp3) is 0.267. The lowest BCUT2D eigenvalue weighted by atomic mass is 10.3. The van der Waals surface area contributed by atoms with Crippen molar-refractivity contribution in [3.63, 3.8) is 0 Å². The normalized spacial score (nSPS) is 10.2. The molecule has 0 spiro atoms. The zero-order valence-corrected chi connectivity index (χ0v) is 13.7. The van der Waals surface area contributed by atoms with Gasteiger partial charge in [-0.1, -0.05) is 0 Å². The van der Waals surface area contributed by atoms with Crippen LogP contribution in [0.5, 0.6) is 0 Å². The predicted octanol–water partition coefficient (Wildman–Crippen LogP) is 2.60. The van der Waals surface area contributed by atoms with Gasteiger partial charge in [0.1, 0.15) is 11.6 Å². The molecule has 1 heterocycles. The third-order valence-electron chi connectivity index (χ3n) is 2.79. The number of hydrogen-bond donors (Lipinski definition) is 3. The number of methoxy groups -OCH3 is 1. The van der Waals surface area contributed by atoms with E-state index < -0.39 is 0 Å². The molecule has 2 aromatic rings. The molecule has 1 aromatic heterocycles. The van der Waals surface area contributed by atoms with Crippen LogP contribution in [0.1, 0.15) is 5.69 Å². The Hall–Kier alpha value is -2.32. The average molecular weight is 335 g/mol. The predicted molar refractivity (Wildman–Crippen MR) is 92.6 cm³/mol. The summed E-state index contributed by atoms with van der Waals surface area (Å²) in [5.41, 5.74) is 1.50. The van der Waals surface area contributed by atoms with Gasteiger partial charge in [0.25, 0.3) is 0 Å². The number of benzene rings is 1. The Balaban J connectivity index is 2.03. The molecule has 0 aliphatic heterocycles. The molecule has 0 bridgehead atoms. The van der Waals surface area contributed by atoms with Crippen molar-refractivity contribution < 1.29 is 9.13 Å². The number of anilines is 3. The van der Waals surface area contributed by atoms with Gasteiger partial charge in [-0.3, -0.25) is 0 Å². The minimum Gasteiger partial charge on any atom is -0.383 e. The molecule has 3 N–H and O–H groups in total. The molecular weight excluding hydrogens is 317 g/mol. The second kappa shape index (κ2) is 8.35. The molecule has 0 aliphatic carbocycles. The lowest BCUT2D eigenvalue weighted by molar-refractivity contribution is 0.204. The molecule has 6 nitrogen and oxygen atoms in total. The maximum Gasteiger partial charge on any atom is 0.231 e. The molecule has 2 rings (SSSR count). The molecule has 122 valence electrons. The Morgan fingerprint density at radius 3 is 2.70 bits per heavy atom. The number of aryl methyl sites for hydroxylation is 1. The molecule has 0 saturated heterocycles. The largest absolute Gasteiger partial charge is 0.383 e. The van der Waals surface area contributed by atoms with Crippen molar-refractivity contribution in [2.75, 3.05) is 30.9 Å². The minimum atomic E-state index is -0.288. The van der Waals surface area contributed by atoms with E-state index in [4.69, 9.17) is 17.0 Å². The standard InChI is InChI=1S/C15H18FN5OS/c1-10-9-13(19-12-5-3-11(16)4-6-12)20-14(18-10)21-15(23)17-7-8-22-2/h3-6,9H,7-8H2,1-2H3,(H3,17,18,19,20,21,23). The summed E-state index contributed by atoms with van der Waals surface area (Å²) in [5, 5.41) is 9.41. The lowest BCUT2D eigenvalue weighted by Gasteiger charge is -2.11. The van der Waals surface area contributed by atoms with E-state index in [1.807, 2.05) is 6.92 Å². The number of rotatable bonds is 6. The smallest absolute Gasteiger partial charge is 0.231 e. The van der Waals surface area contributed by atoms with Crippen molar-refractivity contribution in [3.05, 3.63) is 41.8 Å². The van der Waals surface area contributed by atoms with Gasteiger partial charge in [0.15, 0.2) is 5.11 Å². The SMILES string of the molecule is COCCNC(=S)Nc1nc(C)cc(Nc2ccc(F)cc2)n1. The first-order valence-corrected chi connectivity index (χ1v) is 7.39. The highest BCUT2D eigenvalue weighted by atomic mass is 32.1. The second-order valence-corrected chi connectivity index (χ2v) is 5.13. The van der Waals surface area contributed by atoms with Crippen molar-refractivity contribution in [3.8, 4) is 0 Å². The molecule has 1 aromatic carbocycles.